The largest absolute Gasteiger partial charge is 0.335 e. The molecule has 0 bridgehead atoms. The van der Waals surface area contributed by atoms with E-state index in [0.717, 1.165) is 4.57 Å². The molecule has 1 fully saturated rings. The standard InChI is InChI=1S/C24H20N4O4S/c29-21(26-10-12-27(13-11-26)23(31)20-7-4-14-33-20)16-8-9-18-19(15-16)25-24(32)28(22(18)30)17-5-2-1-3-6-17/h1-9,14-15H,10-13H2,(H,25,32). The lowest BCUT2D eigenvalue weighted by Gasteiger charge is -2.34. The smallest absolute Gasteiger partial charge is 0.333 e. The van der Waals surface area contributed by atoms with Crippen LogP contribution in [0.25, 0.3) is 16.6 Å². The van der Waals surface area contributed by atoms with Crippen LogP contribution in [0.2, 0.25) is 0 Å². The van der Waals surface area contributed by atoms with Crippen LogP contribution in [0.5, 0.6) is 0 Å². The fourth-order valence-corrected chi connectivity index (χ4v) is 4.70. The summed E-state index contributed by atoms with van der Waals surface area (Å²) in [6, 6.07) is 17.0. The molecular weight excluding hydrogens is 440 g/mol. The first-order chi connectivity index (χ1) is 16.0. The van der Waals surface area contributed by atoms with E-state index in [-0.39, 0.29) is 11.8 Å². The minimum absolute atomic E-state index is 0.0184. The first-order valence-electron chi connectivity index (χ1n) is 10.5. The van der Waals surface area contributed by atoms with Gasteiger partial charge in [-0.2, -0.15) is 0 Å². The number of nitrogens with zero attached hydrogens (tertiary/aromatic N) is 3. The van der Waals surface area contributed by atoms with Crippen LogP contribution < -0.4 is 11.2 Å². The Morgan fingerprint density at radius 2 is 1.52 bits per heavy atom. The second-order valence-electron chi connectivity index (χ2n) is 7.73. The molecule has 5 rings (SSSR count). The van der Waals surface area contributed by atoms with Crippen LogP contribution in [0.4, 0.5) is 0 Å². The second-order valence-corrected chi connectivity index (χ2v) is 8.68. The topological polar surface area (TPSA) is 95.5 Å². The molecule has 1 aliphatic heterocycles. The van der Waals surface area contributed by atoms with E-state index in [4.69, 9.17) is 0 Å². The number of piperazine rings is 1. The molecule has 166 valence electrons. The summed E-state index contributed by atoms with van der Waals surface area (Å²) in [5.74, 6) is -0.219. The van der Waals surface area contributed by atoms with Crippen molar-refractivity contribution in [3.8, 4) is 5.69 Å². The van der Waals surface area contributed by atoms with Crippen molar-refractivity contribution in [3.05, 3.63) is 97.3 Å². The van der Waals surface area contributed by atoms with Gasteiger partial charge in [0.2, 0.25) is 0 Å². The van der Waals surface area contributed by atoms with E-state index >= 15 is 0 Å². The average Bonchev–Trinajstić information content (AvgIpc) is 3.39. The van der Waals surface area contributed by atoms with Gasteiger partial charge in [-0.25, -0.2) is 9.36 Å². The van der Waals surface area contributed by atoms with Gasteiger partial charge in [-0.1, -0.05) is 24.3 Å². The van der Waals surface area contributed by atoms with Crippen molar-refractivity contribution in [1.29, 1.82) is 0 Å². The van der Waals surface area contributed by atoms with Gasteiger partial charge in [0.05, 0.1) is 21.5 Å². The summed E-state index contributed by atoms with van der Waals surface area (Å²) >= 11 is 1.40. The number of carbonyl (C=O) groups is 2. The highest BCUT2D eigenvalue weighted by Crippen LogP contribution is 2.17. The molecule has 4 aromatic rings. The number of hydrogen-bond acceptors (Lipinski definition) is 5. The maximum Gasteiger partial charge on any atom is 0.333 e. The summed E-state index contributed by atoms with van der Waals surface area (Å²) in [4.78, 5) is 58.0. The number of H-pyrrole nitrogens is 1. The molecule has 33 heavy (non-hydrogen) atoms. The minimum atomic E-state index is -0.566. The molecule has 0 atom stereocenters. The van der Waals surface area contributed by atoms with E-state index < -0.39 is 11.2 Å². The molecule has 1 N–H and O–H groups in total. The van der Waals surface area contributed by atoms with Crippen molar-refractivity contribution < 1.29 is 9.59 Å². The van der Waals surface area contributed by atoms with Gasteiger partial charge in [0.15, 0.2) is 0 Å². The fraction of sp³-hybridized carbons (Fsp3) is 0.167. The first kappa shape index (κ1) is 20.9. The second kappa shape index (κ2) is 8.51. The van der Waals surface area contributed by atoms with E-state index in [1.165, 1.54) is 11.3 Å². The number of amides is 2. The summed E-state index contributed by atoms with van der Waals surface area (Å²) < 4.78 is 1.08. The van der Waals surface area contributed by atoms with Crippen LogP contribution in [0.3, 0.4) is 0 Å². The molecule has 3 heterocycles. The van der Waals surface area contributed by atoms with Gasteiger partial charge in [-0.3, -0.25) is 14.4 Å². The number of nitrogens with one attached hydrogen (secondary N) is 1. The van der Waals surface area contributed by atoms with Crippen molar-refractivity contribution in [2.24, 2.45) is 0 Å². The third-order valence-corrected chi connectivity index (χ3v) is 6.60. The fourth-order valence-electron chi connectivity index (χ4n) is 4.01. The molecule has 0 aliphatic carbocycles. The predicted molar refractivity (Wildman–Crippen MR) is 126 cm³/mol. The van der Waals surface area contributed by atoms with Crippen molar-refractivity contribution in [2.45, 2.75) is 0 Å². The molecular formula is C24H20N4O4S. The zero-order chi connectivity index (χ0) is 22.9. The SMILES string of the molecule is O=C(c1ccc2c(=O)n(-c3ccccc3)c(=O)[nH]c2c1)N1CCN(C(=O)c2cccs2)CC1. The molecule has 0 unspecified atom stereocenters. The Balaban J connectivity index is 1.37. The van der Waals surface area contributed by atoms with Crippen LogP contribution in [0.15, 0.2) is 75.6 Å². The van der Waals surface area contributed by atoms with Gasteiger partial charge in [0.25, 0.3) is 17.4 Å². The van der Waals surface area contributed by atoms with Gasteiger partial charge >= 0.3 is 5.69 Å². The number of thiophene rings is 1. The highest BCUT2D eigenvalue weighted by atomic mass is 32.1. The number of benzene rings is 2. The lowest BCUT2D eigenvalue weighted by molar-refractivity contribution is 0.0538. The maximum atomic E-state index is 13.1. The number of carbonyl (C=O) groups excluding carboxylic acids is 2. The zero-order valence-electron chi connectivity index (χ0n) is 17.6. The molecule has 0 radical (unpaired) electrons. The number of hydrogen-bond donors (Lipinski definition) is 1. The molecule has 0 saturated carbocycles. The van der Waals surface area contributed by atoms with Crippen molar-refractivity contribution >= 4 is 34.1 Å². The Morgan fingerprint density at radius 3 is 2.18 bits per heavy atom. The number of fused-ring (bicyclic) bond motifs is 1. The third-order valence-electron chi connectivity index (χ3n) is 5.75. The van der Waals surface area contributed by atoms with Crippen LogP contribution in [-0.4, -0.2) is 57.3 Å². The highest BCUT2D eigenvalue weighted by Gasteiger charge is 2.26. The molecule has 9 heteroatoms. The van der Waals surface area contributed by atoms with E-state index in [0.29, 0.717) is 53.2 Å². The molecule has 2 aromatic carbocycles. The monoisotopic (exact) mass is 460 g/mol. The minimum Gasteiger partial charge on any atom is -0.335 e. The van der Waals surface area contributed by atoms with Gasteiger partial charge < -0.3 is 14.8 Å². The summed E-state index contributed by atoms with van der Waals surface area (Å²) in [6.07, 6.45) is 0. The van der Waals surface area contributed by atoms with Crippen LogP contribution in [0, 0.1) is 0 Å². The van der Waals surface area contributed by atoms with Gasteiger partial charge in [0.1, 0.15) is 0 Å². The Hall–Kier alpha value is -3.98. The van der Waals surface area contributed by atoms with Crippen molar-refractivity contribution in [3.63, 3.8) is 0 Å². The van der Waals surface area contributed by atoms with E-state index in [2.05, 4.69) is 4.98 Å². The average molecular weight is 461 g/mol. The number of para-hydroxylation sites is 1. The van der Waals surface area contributed by atoms with Crippen LogP contribution in [0.1, 0.15) is 20.0 Å². The molecule has 2 aromatic heterocycles. The van der Waals surface area contributed by atoms with Crippen LogP contribution in [-0.2, 0) is 0 Å². The van der Waals surface area contributed by atoms with E-state index in [9.17, 15) is 19.2 Å². The summed E-state index contributed by atoms with van der Waals surface area (Å²) in [5, 5.41) is 2.19. The lowest BCUT2D eigenvalue weighted by Crippen LogP contribution is -2.50. The number of aromatic nitrogens is 2. The van der Waals surface area contributed by atoms with Crippen molar-refractivity contribution in [2.75, 3.05) is 26.2 Å². The van der Waals surface area contributed by atoms with Gasteiger partial charge in [0, 0.05) is 31.7 Å². The summed E-state index contributed by atoms with van der Waals surface area (Å²) in [7, 11) is 0. The Bertz CT molecular complexity index is 1450. The quantitative estimate of drug-likeness (QED) is 0.508. The molecule has 0 spiro atoms. The molecule has 1 saturated heterocycles. The first-order valence-corrected chi connectivity index (χ1v) is 11.4. The van der Waals surface area contributed by atoms with Crippen molar-refractivity contribution in [1.82, 2.24) is 19.4 Å². The third kappa shape index (κ3) is 3.87. The lowest BCUT2D eigenvalue weighted by atomic mass is 10.1. The molecule has 8 nitrogen and oxygen atoms in total. The maximum absolute atomic E-state index is 13.1. The predicted octanol–water partition coefficient (Wildman–Crippen LogP) is 2.34. The highest BCUT2D eigenvalue weighted by molar-refractivity contribution is 7.12. The van der Waals surface area contributed by atoms with Gasteiger partial charge in [-0.15, -0.1) is 11.3 Å². The summed E-state index contributed by atoms with van der Waals surface area (Å²) in [6.45, 7) is 1.74. The van der Waals surface area contributed by atoms with Gasteiger partial charge in [-0.05, 0) is 41.8 Å². The Morgan fingerprint density at radius 1 is 0.818 bits per heavy atom. The Labute approximate surface area is 192 Å². The summed E-state index contributed by atoms with van der Waals surface area (Å²) in [5.41, 5.74) is 0.159. The normalized spacial score (nSPS) is 13.9. The van der Waals surface area contributed by atoms with E-state index in [1.54, 1.807) is 64.4 Å². The van der Waals surface area contributed by atoms with E-state index in [1.807, 2.05) is 11.4 Å². The molecule has 2 amide bonds. The Kier molecular flexibility index (Phi) is 5.39. The zero-order valence-corrected chi connectivity index (χ0v) is 18.4. The number of aromatic amines is 1. The number of rotatable bonds is 3. The van der Waals surface area contributed by atoms with Crippen LogP contribution >= 0.6 is 11.3 Å². The molecule has 1 aliphatic rings.